The molecule has 0 aliphatic heterocycles. The summed E-state index contributed by atoms with van der Waals surface area (Å²) in [5.41, 5.74) is 0.999. The van der Waals surface area contributed by atoms with Crippen molar-refractivity contribution in [3.05, 3.63) is 30.3 Å². The van der Waals surface area contributed by atoms with Gasteiger partial charge in [-0.05, 0) is 18.1 Å². The highest BCUT2D eigenvalue weighted by molar-refractivity contribution is 5.52. The van der Waals surface area contributed by atoms with Gasteiger partial charge < -0.3 is 5.32 Å². The zero-order valence-electron chi connectivity index (χ0n) is 12.6. The molecule has 0 saturated heterocycles. The highest BCUT2D eigenvalue weighted by atomic mass is 15.6. The third-order valence-electron chi connectivity index (χ3n) is 3.50. The lowest BCUT2D eigenvalue weighted by Gasteiger charge is -2.20. The van der Waals surface area contributed by atoms with Crippen LogP contribution in [0.25, 0.3) is 11.4 Å². The van der Waals surface area contributed by atoms with Crippen molar-refractivity contribution >= 4 is 0 Å². The maximum Gasteiger partial charge on any atom is 0.204 e. The van der Waals surface area contributed by atoms with Crippen LogP contribution in [-0.4, -0.2) is 32.8 Å². The topological polar surface area (TPSA) is 55.6 Å². The average Bonchev–Trinajstić information content (AvgIpc) is 2.94. The Labute approximate surface area is 120 Å². The smallest absolute Gasteiger partial charge is 0.204 e. The third kappa shape index (κ3) is 3.63. The first-order chi connectivity index (χ1) is 9.58. The summed E-state index contributed by atoms with van der Waals surface area (Å²) in [6, 6.07) is 10.6. The Morgan fingerprint density at radius 1 is 1.10 bits per heavy atom. The Kier molecular flexibility index (Phi) is 4.84. The van der Waals surface area contributed by atoms with Crippen molar-refractivity contribution in [2.45, 2.75) is 39.8 Å². The second-order valence-electron chi connectivity index (χ2n) is 5.58. The molecule has 108 valence electrons. The van der Waals surface area contributed by atoms with Crippen molar-refractivity contribution < 1.29 is 0 Å². The maximum absolute atomic E-state index is 4.50. The van der Waals surface area contributed by atoms with Crippen molar-refractivity contribution in [3.8, 4) is 11.4 Å². The number of hydrogen-bond donors (Lipinski definition) is 1. The van der Waals surface area contributed by atoms with E-state index >= 15 is 0 Å². The minimum absolute atomic E-state index is 0.214. The van der Waals surface area contributed by atoms with Crippen LogP contribution in [0, 0.1) is 5.92 Å². The molecular weight excluding hydrogens is 250 g/mol. The van der Waals surface area contributed by atoms with Crippen LogP contribution >= 0.6 is 0 Å². The fraction of sp³-hybridized carbons (Fsp3) is 0.533. The van der Waals surface area contributed by atoms with E-state index < -0.39 is 0 Å². The summed E-state index contributed by atoms with van der Waals surface area (Å²) in [5.74, 6) is 1.12. The molecule has 0 saturated carbocycles. The standard InChI is InChI=1S/C15H23N5/c1-11(2)16-10-12(3)13(4)20-18-15(17-19-20)14-8-6-5-7-9-14/h5-9,11-13,16H,10H2,1-4H3. The van der Waals surface area contributed by atoms with Gasteiger partial charge >= 0.3 is 0 Å². The zero-order chi connectivity index (χ0) is 14.5. The molecule has 0 amide bonds. The van der Waals surface area contributed by atoms with E-state index in [-0.39, 0.29) is 6.04 Å². The molecule has 0 radical (unpaired) electrons. The number of benzene rings is 1. The van der Waals surface area contributed by atoms with E-state index in [9.17, 15) is 0 Å². The first-order valence-corrected chi connectivity index (χ1v) is 7.16. The van der Waals surface area contributed by atoms with E-state index in [0.29, 0.717) is 17.8 Å². The van der Waals surface area contributed by atoms with Crippen LogP contribution < -0.4 is 5.32 Å². The highest BCUT2D eigenvalue weighted by Gasteiger charge is 2.17. The second kappa shape index (κ2) is 6.61. The number of hydrogen-bond acceptors (Lipinski definition) is 4. The minimum Gasteiger partial charge on any atom is -0.314 e. The summed E-state index contributed by atoms with van der Waals surface area (Å²) in [6.45, 7) is 9.58. The van der Waals surface area contributed by atoms with Crippen LogP contribution in [-0.2, 0) is 0 Å². The van der Waals surface area contributed by atoms with Gasteiger partial charge in [0.2, 0.25) is 5.82 Å². The van der Waals surface area contributed by atoms with Crippen LogP contribution in [0.2, 0.25) is 0 Å². The Morgan fingerprint density at radius 2 is 1.80 bits per heavy atom. The zero-order valence-corrected chi connectivity index (χ0v) is 12.6. The van der Waals surface area contributed by atoms with Crippen LogP contribution in [0.1, 0.15) is 33.7 Å². The second-order valence-corrected chi connectivity index (χ2v) is 5.58. The molecule has 0 spiro atoms. The lowest BCUT2D eigenvalue weighted by molar-refractivity contribution is 0.299. The van der Waals surface area contributed by atoms with E-state index in [1.165, 1.54) is 0 Å². The third-order valence-corrected chi connectivity index (χ3v) is 3.50. The fourth-order valence-electron chi connectivity index (χ4n) is 1.92. The van der Waals surface area contributed by atoms with Gasteiger partial charge in [-0.25, -0.2) is 0 Å². The van der Waals surface area contributed by atoms with Crippen LogP contribution in [0.15, 0.2) is 30.3 Å². The molecule has 0 aliphatic rings. The Bertz CT molecular complexity index is 520. The predicted molar refractivity (Wildman–Crippen MR) is 80.3 cm³/mol. The number of nitrogens with one attached hydrogen (secondary N) is 1. The first kappa shape index (κ1) is 14.7. The normalized spacial score (nSPS) is 14.4. The molecule has 2 atom stereocenters. The Balaban J connectivity index is 2.05. The number of nitrogens with zero attached hydrogens (tertiary/aromatic N) is 4. The molecule has 0 bridgehead atoms. The molecule has 5 heteroatoms. The highest BCUT2D eigenvalue weighted by Crippen LogP contribution is 2.17. The van der Waals surface area contributed by atoms with Crippen LogP contribution in [0.5, 0.6) is 0 Å². The lowest BCUT2D eigenvalue weighted by Crippen LogP contribution is -2.32. The molecule has 1 aromatic heterocycles. The van der Waals surface area contributed by atoms with Gasteiger partial charge in [0.1, 0.15) is 0 Å². The quantitative estimate of drug-likeness (QED) is 0.878. The Morgan fingerprint density at radius 3 is 2.45 bits per heavy atom. The van der Waals surface area contributed by atoms with Gasteiger partial charge in [0.15, 0.2) is 0 Å². The van der Waals surface area contributed by atoms with Crippen LogP contribution in [0.3, 0.4) is 0 Å². The summed E-state index contributed by atoms with van der Waals surface area (Å²) in [7, 11) is 0. The fourth-order valence-corrected chi connectivity index (χ4v) is 1.92. The van der Waals surface area contributed by atoms with Gasteiger partial charge in [0.05, 0.1) is 6.04 Å². The van der Waals surface area contributed by atoms with Gasteiger partial charge in [0.25, 0.3) is 0 Å². The summed E-state index contributed by atoms with van der Waals surface area (Å²) in [6.07, 6.45) is 0. The molecule has 0 fully saturated rings. The van der Waals surface area contributed by atoms with E-state index in [2.05, 4.69) is 48.4 Å². The molecular formula is C15H23N5. The molecule has 2 aromatic rings. The molecule has 5 nitrogen and oxygen atoms in total. The van der Waals surface area contributed by atoms with E-state index in [0.717, 1.165) is 12.1 Å². The predicted octanol–water partition coefficient (Wildman–Crippen LogP) is 2.54. The van der Waals surface area contributed by atoms with Crippen molar-refractivity contribution in [1.82, 2.24) is 25.5 Å². The van der Waals surface area contributed by atoms with Gasteiger partial charge in [-0.2, -0.15) is 4.80 Å². The minimum atomic E-state index is 0.214. The number of aromatic nitrogens is 4. The number of rotatable bonds is 6. The number of tetrazole rings is 1. The van der Waals surface area contributed by atoms with Crippen molar-refractivity contribution in [2.24, 2.45) is 5.92 Å². The van der Waals surface area contributed by atoms with Crippen molar-refractivity contribution in [3.63, 3.8) is 0 Å². The van der Waals surface area contributed by atoms with Gasteiger partial charge in [0, 0.05) is 18.2 Å². The Hall–Kier alpha value is -1.75. The SMILES string of the molecule is CC(C)NCC(C)C(C)n1nnc(-c2ccccc2)n1. The largest absolute Gasteiger partial charge is 0.314 e. The van der Waals surface area contributed by atoms with Crippen molar-refractivity contribution in [1.29, 1.82) is 0 Å². The average molecular weight is 273 g/mol. The van der Waals surface area contributed by atoms with Gasteiger partial charge in [-0.15, -0.1) is 10.2 Å². The lowest BCUT2D eigenvalue weighted by atomic mass is 10.0. The molecule has 1 N–H and O–H groups in total. The molecule has 2 rings (SSSR count). The van der Waals surface area contributed by atoms with E-state index in [1.54, 1.807) is 4.80 Å². The van der Waals surface area contributed by atoms with E-state index in [4.69, 9.17) is 0 Å². The van der Waals surface area contributed by atoms with Crippen LogP contribution in [0.4, 0.5) is 0 Å². The summed E-state index contributed by atoms with van der Waals surface area (Å²) in [5, 5.41) is 16.3. The van der Waals surface area contributed by atoms with E-state index in [1.807, 2.05) is 30.3 Å². The van der Waals surface area contributed by atoms with Crippen molar-refractivity contribution in [2.75, 3.05) is 6.54 Å². The first-order valence-electron chi connectivity index (χ1n) is 7.16. The van der Waals surface area contributed by atoms with Gasteiger partial charge in [-0.1, -0.05) is 51.1 Å². The summed E-state index contributed by atoms with van der Waals surface area (Å²) in [4.78, 5) is 1.72. The summed E-state index contributed by atoms with van der Waals surface area (Å²) >= 11 is 0. The monoisotopic (exact) mass is 273 g/mol. The molecule has 20 heavy (non-hydrogen) atoms. The summed E-state index contributed by atoms with van der Waals surface area (Å²) < 4.78 is 0. The molecule has 2 unspecified atom stereocenters. The molecule has 0 aliphatic carbocycles. The molecule has 1 heterocycles. The van der Waals surface area contributed by atoms with Gasteiger partial charge in [-0.3, -0.25) is 0 Å². The molecule has 1 aromatic carbocycles. The maximum atomic E-state index is 4.50.